The molecule has 2 aromatic rings. The van der Waals surface area contributed by atoms with Crippen molar-refractivity contribution in [3.05, 3.63) is 42.4 Å². The Hall–Kier alpha value is -2.96. The number of carbonyl (C=O) groups excluding carboxylic acids is 2. The Labute approximate surface area is 134 Å². The number of hydrogen-bond acceptors (Lipinski definition) is 4. The van der Waals surface area contributed by atoms with E-state index in [4.69, 9.17) is 9.15 Å². The highest BCUT2D eigenvalue weighted by molar-refractivity contribution is 5.94. The van der Waals surface area contributed by atoms with E-state index in [0.717, 1.165) is 0 Å². The highest BCUT2D eigenvalue weighted by atomic mass is 16.5. The van der Waals surface area contributed by atoms with Crippen molar-refractivity contribution < 1.29 is 18.7 Å². The van der Waals surface area contributed by atoms with Crippen molar-refractivity contribution >= 4 is 23.3 Å². The van der Waals surface area contributed by atoms with Crippen molar-refractivity contribution in [2.75, 3.05) is 24.8 Å². The first-order valence-electron chi connectivity index (χ1n) is 6.99. The Morgan fingerprint density at radius 2 is 2.04 bits per heavy atom. The van der Waals surface area contributed by atoms with E-state index in [9.17, 15) is 9.59 Å². The van der Waals surface area contributed by atoms with Crippen molar-refractivity contribution in [2.45, 2.75) is 13.5 Å². The van der Waals surface area contributed by atoms with Gasteiger partial charge < -0.3 is 24.7 Å². The van der Waals surface area contributed by atoms with Crippen LogP contribution < -0.4 is 15.4 Å². The Balaban J connectivity index is 2.06. The van der Waals surface area contributed by atoms with Crippen LogP contribution in [0, 0.1) is 0 Å². The summed E-state index contributed by atoms with van der Waals surface area (Å²) in [6, 6.07) is 8.28. The number of anilines is 2. The highest BCUT2D eigenvalue weighted by Gasteiger charge is 2.12. The number of nitrogens with one attached hydrogen (secondary N) is 2. The minimum atomic E-state index is -0.291. The molecule has 23 heavy (non-hydrogen) atoms. The zero-order valence-corrected chi connectivity index (χ0v) is 13.3. The summed E-state index contributed by atoms with van der Waals surface area (Å²) < 4.78 is 10.4. The lowest BCUT2D eigenvalue weighted by atomic mass is 10.2. The third kappa shape index (κ3) is 4.50. The Morgan fingerprint density at radius 3 is 2.65 bits per heavy atom. The van der Waals surface area contributed by atoms with Crippen LogP contribution in [-0.2, 0) is 11.3 Å². The monoisotopic (exact) mass is 317 g/mol. The lowest BCUT2D eigenvalue weighted by Crippen LogP contribution is -2.30. The van der Waals surface area contributed by atoms with Crippen LogP contribution >= 0.6 is 0 Å². The van der Waals surface area contributed by atoms with Gasteiger partial charge in [-0.15, -0.1) is 0 Å². The maximum Gasteiger partial charge on any atom is 0.321 e. The molecule has 0 aliphatic rings. The third-order valence-electron chi connectivity index (χ3n) is 3.08. The van der Waals surface area contributed by atoms with E-state index in [1.54, 1.807) is 43.6 Å². The van der Waals surface area contributed by atoms with Gasteiger partial charge in [-0.25, -0.2) is 4.79 Å². The lowest BCUT2D eigenvalue weighted by Gasteiger charge is -2.17. The van der Waals surface area contributed by atoms with Gasteiger partial charge in [0, 0.05) is 19.7 Å². The molecule has 3 amide bonds. The Bertz CT molecular complexity index is 683. The van der Waals surface area contributed by atoms with Gasteiger partial charge >= 0.3 is 6.03 Å². The molecule has 0 spiro atoms. The zero-order valence-electron chi connectivity index (χ0n) is 13.3. The Morgan fingerprint density at radius 1 is 1.26 bits per heavy atom. The number of ether oxygens (including phenoxy) is 1. The number of benzene rings is 1. The van der Waals surface area contributed by atoms with Crippen LogP contribution in [0.4, 0.5) is 16.2 Å². The molecule has 0 bridgehead atoms. The number of rotatable bonds is 5. The van der Waals surface area contributed by atoms with Crippen molar-refractivity contribution in [3.8, 4) is 5.75 Å². The van der Waals surface area contributed by atoms with Crippen LogP contribution in [0.2, 0.25) is 0 Å². The molecule has 0 fully saturated rings. The molecule has 0 saturated heterocycles. The number of carbonyl (C=O) groups is 2. The van der Waals surface area contributed by atoms with Crippen molar-refractivity contribution in [1.82, 2.24) is 4.90 Å². The van der Waals surface area contributed by atoms with E-state index in [0.29, 0.717) is 29.4 Å². The van der Waals surface area contributed by atoms with Crippen LogP contribution in [-0.4, -0.2) is 31.0 Å². The number of hydrogen-bond donors (Lipinski definition) is 2. The molecule has 0 saturated carbocycles. The molecule has 0 radical (unpaired) electrons. The first-order chi connectivity index (χ1) is 11.0. The van der Waals surface area contributed by atoms with Crippen molar-refractivity contribution in [3.63, 3.8) is 0 Å². The fraction of sp³-hybridized carbons (Fsp3) is 0.250. The molecule has 0 aliphatic carbocycles. The van der Waals surface area contributed by atoms with Crippen LogP contribution in [0.5, 0.6) is 5.75 Å². The van der Waals surface area contributed by atoms with E-state index in [-0.39, 0.29) is 11.9 Å². The Kier molecular flexibility index (Phi) is 5.24. The molecular formula is C16H19N3O4. The van der Waals surface area contributed by atoms with Gasteiger partial charge in [0.05, 0.1) is 25.6 Å². The summed E-state index contributed by atoms with van der Waals surface area (Å²) >= 11 is 0. The predicted octanol–water partition coefficient (Wildman–Crippen LogP) is 2.91. The largest absolute Gasteiger partial charge is 0.495 e. The molecule has 122 valence electrons. The summed E-state index contributed by atoms with van der Waals surface area (Å²) in [6.45, 7) is 1.76. The fourth-order valence-electron chi connectivity index (χ4n) is 2.00. The van der Waals surface area contributed by atoms with Gasteiger partial charge in [0.25, 0.3) is 0 Å². The van der Waals surface area contributed by atoms with Gasteiger partial charge in [-0.1, -0.05) is 0 Å². The molecule has 0 unspecified atom stereocenters. The SMILES string of the molecule is COc1ccc(NC(=O)N(C)Cc2ccco2)cc1NC(C)=O. The quantitative estimate of drug-likeness (QED) is 0.888. The zero-order chi connectivity index (χ0) is 16.8. The average molecular weight is 317 g/mol. The molecule has 1 aromatic carbocycles. The van der Waals surface area contributed by atoms with E-state index >= 15 is 0 Å². The molecule has 1 heterocycles. The highest BCUT2D eigenvalue weighted by Crippen LogP contribution is 2.28. The minimum Gasteiger partial charge on any atom is -0.495 e. The molecule has 0 aliphatic heterocycles. The normalized spacial score (nSPS) is 10.0. The van der Waals surface area contributed by atoms with Gasteiger partial charge in [0.2, 0.25) is 5.91 Å². The van der Waals surface area contributed by atoms with Gasteiger partial charge in [-0.3, -0.25) is 4.79 Å². The summed E-state index contributed by atoms with van der Waals surface area (Å²) in [5.41, 5.74) is 1.04. The van der Waals surface area contributed by atoms with E-state index in [2.05, 4.69) is 10.6 Å². The second-order valence-corrected chi connectivity index (χ2v) is 4.96. The second-order valence-electron chi connectivity index (χ2n) is 4.96. The van der Waals surface area contributed by atoms with E-state index in [1.807, 2.05) is 0 Å². The third-order valence-corrected chi connectivity index (χ3v) is 3.08. The van der Waals surface area contributed by atoms with E-state index < -0.39 is 0 Å². The maximum atomic E-state index is 12.2. The van der Waals surface area contributed by atoms with Crippen LogP contribution in [0.1, 0.15) is 12.7 Å². The first-order valence-corrected chi connectivity index (χ1v) is 6.99. The molecule has 7 heteroatoms. The number of methoxy groups -OCH3 is 1. The number of urea groups is 1. The van der Waals surface area contributed by atoms with Gasteiger partial charge in [0.1, 0.15) is 11.5 Å². The van der Waals surface area contributed by atoms with Crippen LogP contribution in [0.3, 0.4) is 0 Å². The van der Waals surface area contributed by atoms with Crippen LogP contribution in [0.15, 0.2) is 41.0 Å². The minimum absolute atomic E-state index is 0.221. The summed E-state index contributed by atoms with van der Waals surface area (Å²) in [6.07, 6.45) is 1.56. The second kappa shape index (κ2) is 7.35. The average Bonchev–Trinajstić information content (AvgIpc) is 2.99. The smallest absolute Gasteiger partial charge is 0.321 e. The number of amides is 3. The van der Waals surface area contributed by atoms with Gasteiger partial charge in [-0.2, -0.15) is 0 Å². The molecular weight excluding hydrogens is 298 g/mol. The molecule has 0 atom stereocenters. The number of nitrogens with zero attached hydrogens (tertiary/aromatic N) is 1. The molecule has 2 rings (SSSR count). The van der Waals surface area contributed by atoms with Gasteiger partial charge in [0.15, 0.2) is 0 Å². The van der Waals surface area contributed by atoms with Crippen molar-refractivity contribution in [1.29, 1.82) is 0 Å². The fourth-order valence-corrected chi connectivity index (χ4v) is 2.00. The maximum absolute atomic E-state index is 12.2. The molecule has 1 aromatic heterocycles. The van der Waals surface area contributed by atoms with Crippen LogP contribution in [0.25, 0.3) is 0 Å². The molecule has 2 N–H and O–H groups in total. The lowest BCUT2D eigenvalue weighted by molar-refractivity contribution is -0.114. The van der Waals surface area contributed by atoms with E-state index in [1.165, 1.54) is 18.9 Å². The predicted molar refractivity (Wildman–Crippen MR) is 86.5 cm³/mol. The van der Waals surface area contributed by atoms with Crippen molar-refractivity contribution in [2.24, 2.45) is 0 Å². The summed E-state index contributed by atoms with van der Waals surface area (Å²) in [5, 5.41) is 5.42. The summed E-state index contributed by atoms with van der Waals surface area (Å²) in [4.78, 5) is 24.9. The topological polar surface area (TPSA) is 83.8 Å². The van der Waals surface area contributed by atoms with Gasteiger partial charge in [-0.05, 0) is 30.3 Å². The first kappa shape index (κ1) is 16.4. The summed E-state index contributed by atoms with van der Waals surface area (Å²) in [7, 11) is 3.17. The summed E-state index contributed by atoms with van der Waals surface area (Å²) in [5.74, 6) is 0.986. The standard InChI is InChI=1S/C16H19N3O4/c1-11(20)17-14-9-12(6-7-15(14)22-3)18-16(21)19(2)10-13-5-4-8-23-13/h4-9H,10H2,1-3H3,(H,17,20)(H,18,21). The molecule has 7 nitrogen and oxygen atoms in total. The number of furan rings is 1.